The number of amides is 17. The minimum absolute atomic E-state index is 0.00107. The van der Waals surface area contributed by atoms with Crippen molar-refractivity contribution in [3.8, 4) is 5.75 Å². The van der Waals surface area contributed by atoms with Crippen molar-refractivity contribution in [3.05, 3.63) is 162 Å². The molecule has 17 amide bonds. The van der Waals surface area contributed by atoms with Crippen molar-refractivity contribution in [3.63, 3.8) is 0 Å². The number of aromatic amines is 1. The predicted molar refractivity (Wildman–Crippen MR) is 559 cm³/mol. The van der Waals surface area contributed by atoms with Crippen molar-refractivity contribution >= 4 is 162 Å². The van der Waals surface area contributed by atoms with Crippen molar-refractivity contribution in [2.75, 3.05) is 65.4 Å². The molecule has 15 atom stereocenters. The van der Waals surface area contributed by atoms with Gasteiger partial charge in [0.15, 0.2) is 0 Å². The number of aromatic hydroxyl groups is 1. The zero-order chi connectivity index (χ0) is 108. The van der Waals surface area contributed by atoms with Crippen LogP contribution in [0.25, 0.3) is 43.4 Å². The molecule has 0 aliphatic carbocycles. The molecule has 3 fully saturated rings. The Balaban J connectivity index is 0.981. The van der Waals surface area contributed by atoms with E-state index in [1.165, 1.54) is 68.0 Å². The number of aliphatic hydroxyl groups excluding tert-OH is 1. The number of H-pyrrole nitrogens is 1. The number of rotatable bonds is 29. The molecule has 8 aromatic rings. The first-order valence-corrected chi connectivity index (χ1v) is 51.9. The van der Waals surface area contributed by atoms with Gasteiger partial charge >= 0.3 is 5.97 Å². The van der Waals surface area contributed by atoms with Crippen molar-refractivity contribution in [1.82, 2.24) is 92.5 Å². The first kappa shape index (κ1) is 115. The highest BCUT2D eigenvalue weighted by atomic mass is 32.2. The first-order chi connectivity index (χ1) is 71.1. The molecule has 3 saturated heterocycles. The monoisotopic (exact) mass is 2080 g/mol. The van der Waals surface area contributed by atoms with Gasteiger partial charge in [-0.05, 0) is 138 Å². The number of hydrogen-bond donors (Lipinski definition) is 18. The lowest BCUT2D eigenvalue weighted by Crippen LogP contribution is -2.62. The van der Waals surface area contributed by atoms with E-state index in [1.807, 2.05) is 68.4 Å². The number of carboxylic acid groups (broad SMARTS) is 1. The van der Waals surface area contributed by atoms with Crippen molar-refractivity contribution in [2.45, 2.75) is 255 Å². The number of likely N-dealkylation sites (N-methyl/N-ethyl adjacent to an activating group) is 3. The van der Waals surface area contributed by atoms with Gasteiger partial charge in [-0.25, -0.2) is 0 Å². The second-order valence-electron chi connectivity index (χ2n) is 39.5. The number of fused-ring (bicyclic) bond motifs is 7. The maximum absolute atomic E-state index is 16.1. The highest BCUT2D eigenvalue weighted by Crippen LogP contribution is 2.32. The summed E-state index contributed by atoms with van der Waals surface area (Å²) < 4.78 is 1.45. The number of phenols is 1. The average Bonchev–Trinajstić information content (AvgIpc) is 1.76. The number of carbonyl (C=O) groups excluding carboxylic acids is 17. The minimum atomic E-state index is -1.79. The van der Waals surface area contributed by atoms with E-state index in [-0.39, 0.29) is 108 Å². The molecule has 0 bridgehead atoms. The fourth-order valence-corrected chi connectivity index (χ4v) is 20.3. The van der Waals surface area contributed by atoms with Crippen LogP contribution >= 0.6 is 11.8 Å². The number of primary amides is 2. The molecule has 0 unspecified atom stereocenters. The van der Waals surface area contributed by atoms with E-state index >= 15 is 52.7 Å². The summed E-state index contributed by atoms with van der Waals surface area (Å²) >= 11 is 0.789. The van der Waals surface area contributed by atoms with Crippen molar-refractivity contribution in [1.29, 1.82) is 0 Å². The summed E-state index contributed by atoms with van der Waals surface area (Å²) in [4.78, 5) is 276. The Morgan fingerprint density at radius 3 is 1.77 bits per heavy atom. The largest absolute Gasteiger partial charge is 0.508 e. The molecule has 2 aromatic heterocycles. The number of thioether (sulfide) groups is 1. The van der Waals surface area contributed by atoms with Gasteiger partial charge in [-0.3, -0.25) is 86.3 Å². The maximum atomic E-state index is 16.1. The van der Waals surface area contributed by atoms with Gasteiger partial charge in [0.25, 0.3) is 0 Å². The van der Waals surface area contributed by atoms with Crippen LogP contribution in [0.4, 0.5) is 0 Å². The van der Waals surface area contributed by atoms with Gasteiger partial charge in [-0.15, -0.1) is 11.8 Å². The third kappa shape index (κ3) is 30.6. The number of unbranched alkanes of at least 4 members (excludes halogenated alkanes) is 2. The number of aliphatic carboxylic acids is 1. The van der Waals surface area contributed by atoms with Crippen LogP contribution in [0.1, 0.15) is 154 Å². The second kappa shape index (κ2) is 53.9. The molecule has 21 N–H and O–H groups in total. The van der Waals surface area contributed by atoms with E-state index in [1.54, 1.807) is 82.4 Å². The number of hydrogen-bond acceptors (Lipinski definition) is 23. The summed E-state index contributed by atoms with van der Waals surface area (Å²) in [6.45, 7) is 9.68. The Bertz CT molecular complexity index is 6190. The summed E-state index contributed by atoms with van der Waals surface area (Å²) in [5, 5.41) is 67.6. The fourth-order valence-electron chi connectivity index (χ4n) is 19.4. The molecule has 0 spiro atoms. The third-order valence-corrected chi connectivity index (χ3v) is 28.4. The van der Waals surface area contributed by atoms with Crippen LogP contribution in [0.15, 0.2) is 140 Å². The van der Waals surface area contributed by atoms with Crippen LogP contribution in [-0.2, 0) is 119 Å². The van der Waals surface area contributed by atoms with Crippen LogP contribution in [-0.4, -0.2) is 312 Å². The molecular formula is C106H141N21O21S. The van der Waals surface area contributed by atoms with Gasteiger partial charge < -0.3 is 125 Å². The Hall–Kier alpha value is -14.6. The number of aliphatic hydroxyl groups is 1. The Morgan fingerprint density at radius 1 is 0.517 bits per heavy atom. The number of nitrogens with zero attached hydrogens (tertiary/aromatic N) is 6. The Kier molecular flexibility index (Phi) is 41.5. The predicted octanol–water partition coefficient (Wildman–Crippen LogP) is 1.90. The van der Waals surface area contributed by atoms with E-state index < -0.39 is 241 Å². The quantitative estimate of drug-likeness (QED) is 0.0298. The van der Waals surface area contributed by atoms with Gasteiger partial charge in [-0.2, -0.15) is 0 Å². The summed E-state index contributed by atoms with van der Waals surface area (Å²) in [6, 6.07) is 15.2. The summed E-state index contributed by atoms with van der Waals surface area (Å²) in [7, 11) is 3.94. The van der Waals surface area contributed by atoms with Gasteiger partial charge in [0.1, 0.15) is 96.9 Å². The molecule has 3 aliphatic rings. The van der Waals surface area contributed by atoms with E-state index in [9.17, 15) is 48.9 Å². The number of phenolic OH excluding ortho intramolecular Hbond substituents is 1. The lowest BCUT2D eigenvalue weighted by atomic mass is 9.97. The first-order valence-electron chi connectivity index (χ1n) is 50.7. The molecule has 802 valence electrons. The molecular weight excluding hydrogens is 1940 g/mol. The second-order valence-corrected chi connectivity index (χ2v) is 40.5. The highest BCUT2D eigenvalue weighted by molar-refractivity contribution is 8.00. The van der Waals surface area contributed by atoms with Crippen LogP contribution in [0.2, 0.25) is 0 Å². The molecule has 3 aliphatic heterocycles. The number of carbonyl (C=O) groups is 18. The number of carboxylic acids is 1. The minimum Gasteiger partial charge on any atom is -0.508 e. The number of nitrogens with two attached hydrogens (primary N) is 3. The number of para-hydroxylation sites is 2. The third-order valence-electron chi connectivity index (χ3n) is 27.4. The molecule has 0 radical (unpaired) electrons. The van der Waals surface area contributed by atoms with Gasteiger partial charge in [0.2, 0.25) is 100 Å². The molecule has 11 rings (SSSR count). The van der Waals surface area contributed by atoms with Gasteiger partial charge in [0, 0.05) is 113 Å². The van der Waals surface area contributed by atoms with Crippen LogP contribution in [0.3, 0.4) is 0 Å². The zero-order valence-corrected chi connectivity index (χ0v) is 86.6. The Labute approximate surface area is 868 Å². The molecule has 43 heteroatoms. The molecule has 42 nitrogen and oxygen atoms in total. The van der Waals surface area contributed by atoms with Gasteiger partial charge in [0.05, 0.1) is 24.8 Å². The van der Waals surface area contributed by atoms with E-state index in [0.717, 1.165) is 58.5 Å². The summed E-state index contributed by atoms with van der Waals surface area (Å²) in [5.41, 5.74) is 20.8. The van der Waals surface area contributed by atoms with E-state index in [2.05, 4.69) is 63.5 Å². The van der Waals surface area contributed by atoms with E-state index in [0.29, 0.717) is 64.2 Å². The van der Waals surface area contributed by atoms with Gasteiger partial charge in [-0.1, -0.05) is 170 Å². The molecule has 149 heavy (non-hydrogen) atoms. The number of nitrogens with one attached hydrogen (secondary N) is 12. The molecule has 5 heterocycles. The number of benzene rings is 6. The van der Waals surface area contributed by atoms with Crippen LogP contribution in [0.5, 0.6) is 5.75 Å². The van der Waals surface area contributed by atoms with Crippen LogP contribution in [0, 0.1) is 11.8 Å². The van der Waals surface area contributed by atoms with Crippen molar-refractivity contribution < 1.29 is 102 Å². The Morgan fingerprint density at radius 2 is 1.08 bits per heavy atom. The lowest BCUT2D eigenvalue weighted by Gasteiger charge is -2.36. The zero-order valence-electron chi connectivity index (χ0n) is 85.8. The van der Waals surface area contributed by atoms with E-state index in [4.69, 9.17) is 17.2 Å². The summed E-state index contributed by atoms with van der Waals surface area (Å²) in [5.74, 6) is -18.7. The molecule has 6 aromatic carbocycles. The maximum Gasteiger partial charge on any atom is 0.323 e. The standard InChI is InChI=1S/C106H141N21O21S/c1-11-13-30-84-99(141)115-75(43-59(3)4)96(138)121-82(94(136)112-53-89(109)131)57-149-58-90(132)113-78(45-62-34-38-68(128)39-35-62)102(144)122(8)61(7)93(135)117-80(49-88(108)130)104(146)126-42-22-33-85(126)100(142)120-81(52-110-50-65-25-21-24-64-37-36-63-23-15-16-28-72(63)92(64)65)98(140)118-77(44-60(5)6)105(147)127-55-69(129)48-87(127)101(143)116-76(46-66-51-111-73-29-19-17-26-70(66)73)97(139)114-74(40-41-107)95(137)119-79(103(145)124(10)86(31-14-12-2)106(148)123(84)9)47-67-54-125(56-91(133)134)83-32-20-18-27-71(67)83/h15-21,23-29,32,34-39,51,54,59-61,69,74-82,84-87,110-111,128-129H,11-14,22,30-31,33,40-50,52-53,55-58,107H2,1-10H3,(H2,108,130)(H2,109,131)(H,112,136)(H,113,132)(H,114,139)(H,115,141)(H,116,143)(H,117,135)(H,118,140)(H,119,137)(H,120,142)(H,121,138)(H,133,134)/t61-,69+,74-,75-,76-,77-,78-,79-,80-,81-,82-,84-,85-,86-,87-/m0/s1. The average molecular weight is 2080 g/mol. The van der Waals surface area contributed by atoms with Crippen LogP contribution < -0.4 is 75.7 Å². The highest BCUT2D eigenvalue weighted by Gasteiger charge is 2.47. The SMILES string of the molecule is CCCC[C@H]1C(=O)N(C)[C@@H](CCCC)C(=O)N[C@@H](CC(C)C)C(=O)N[C@H](C(=O)NCC(N)=O)CSCC(=O)N[C@@H](Cc2ccc(O)cc2)C(=O)N(C)[C@@H](C)C(=O)N[C@@H](CC(N)=O)C(=O)N2CCC[C@H]2C(=O)N[C@@H](CNCc2cccc3ccc4ccccc4c23)C(=O)N[C@@H](CC(C)C)C(=O)N2C[C@H](O)C[C@H]2C(=O)N[C@@H](Cc2c[nH]c3ccccc23)C(=O)N[C@@H](CCN)C(=O)N[C@@H](Cc2cn(CC(=O)O)c3ccccc23)C(=O)N1C. The lowest BCUT2D eigenvalue weighted by molar-refractivity contribution is -0.149. The van der Waals surface area contributed by atoms with Crippen molar-refractivity contribution in [2.24, 2.45) is 29.0 Å². The summed E-state index contributed by atoms with van der Waals surface area (Å²) in [6.07, 6.45) is 0.864. The smallest absolute Gasteiger partial charge is 0.323 e. The number of aromatic nitrogens is 2. The fraction of sp³-hybridized carbons (Fsp3) is 0.491. The normalized spacial score (nSPS) is 23.7. The molecule has 0 saturated carbocycles. The topological polar surface area (TPSA) is 615 Å².